The zero-order valence-corrected chi connectivity index (χ0v) is 18.8. The lowest BCUT2D eigenvalue weighted by atomic mass is 9.94. The van der Waals surface area contributed by atoms with Crippen LogP contribution in [-0.4, -0.2) is 13.0 Å². The van der Waals surface area contributed by atoms with E-state index in [2.05, 4.69) is 4.72 Å². The Balaban J connectivity index is 2.17. The summed E-state index contributed by atoms with van der Waals surface area (Å²) in [5.41, 5.74) is 3.14. The molecule has 1 aromatic heterocycles. The third kappa shape index (κ3) is 5.31. The first-order valence-corrected chi connectivity index (χ1v) is 11.6. The van der Waals surface area contributed by atoms with E-state index in [4.69, 9.17) is 0 Å². The Hall–Kier alpha value is -3.26. The van der Waals surface area contributed by atoms with E-state index in [1.54, 1.807) is 44.4 Å². The second-order valence-electron chi connectivity index (χ2n) is 7.42. The van der Waals surface area contributed by atoms with Crippen molar-refractivity contribution in [1.29, 1.82) is 0 Å². The van der Waals surface area contributed by atoms with Gasteiger partial charge in [0.25, 0.3) is 15.6 Å². The lowest BCUT2D eigenvalue weighted by Gasteiger charge is -2.15. The van der Waals surface area contributed by atoms with Gasteiger partial charge in [-0.3, -0.25) is 9.52 Å². The highest BCUT2D eigenvalue weighted by molar-refractivity contribution is 7.95. The fourth-order valence-electron chi connectivity index (χ4n) is 3.49. The first kappa shape index (κ1) is 23.4. The third-order valence-electron chi connectivity index (χ3n) is 5.03. The summed E-state index contributed by atoms with van der Waals surface area (Å²) < 4.78 is 55.9. The second kappa shape index (κ2) is 9.48. The number of sulfonamides is 1. The molecule has 168 valence electrons. The molecule has 0 aliphatic rings. The molecule has 0 saturated carbocycles. The van der Waals surface area contributed by atoms with Crippen LogP contribution in [0.5, 0.6) is 0 Å². The summed E-state index contributed by atoms with van der Waals surface area (Å²) in [6, 6.07) is 10.1. The summed E-state index contributed by atoms with van der Waals surface area (Å²) in [6.07, 6.45) is 3.75. The van der Waals surface area contributed by atoms with E-state index in [1.807, 2.05) is 6.92 Å². The number of allylic oxidation sites excluding steroid dienone is 1. The molecule has 0 saturated heterocycles. The molecule has 8 heteroatoms. The summed E-state index contributed by atoms with van der Waals surface area (Å²) in [7, 11) is -2.04. The van der Waals surface area contributed by atoms with Gasteiger partial charge in [-0.25, -0.2) is 17.2 Å². The topological polar surface area (TPSA) is 68.2 Å². The fourth-order valence-corrected chi connectivity index (χ4v) is 4.37. The van der Waals surface area contributed by atoms with Crippen LogP contribution in [0.3, 0.4) is 0 Å². The predicted octanol–water partition coefficient (Wildman–Crippen LogP) is 4.76. The first-order chi connectivity index (χ1) is 15.1. The van der Waals surface area contributed by atoms with Gasteiger partial charge in [-0.2, -0.15) is 0 Å². The zero-order chi connectivity index (χ0) is 23.5. The third-order valence-corrected chi connectivity index (χ3v) is 6.18. The lowest BCUT2D eigenvalue weighted by molar-refractivity contribution is 0.574. The van der Waals surface area contributed by atoms with Crippen LogP contribution in [0.15, 0.2) is 64.9 Å². The van der Waals surface area contributed by atoms with Crippen LogP contribution < -0.4 is 10.3 Å². The molecule has 5 nitrogen and oxygen atoms in total. The van der Waals surface area contributed by atoms with Crippen LogP contribution in [0.2, 0.25) is 0 Å². The number of anilines is 1. The van der Waals surface area contributed by atoms with Gasteiger partial charge < -0.3 is 4.57 Å². The Morgan fingerprint density at radius 1 is 1.03 bits per heavy atom. The van der Waals surface area contributed by atoms with Crippen molar-refractivity contribution in [3.63, 3.8) is 0 Å². The Morgan fingerprint density at radius 2 is 1.75 bits per heavy atom. The largest absolute Gasteiger partial charge is 0.318 e. The molecular weight excluding hydrogens is 434 g/mol. The number of nitrogens with one attached hydrogen (secondary N) is 1. The van der Waals surface area contributed by atoms with Gasteiger partial charge in [-0.15, -0.1) is 0 Å². The number of aromatic nitrogens is 1. The zero-order valence-electron chi connectivity index (χ0n) is 18.0. The number of hydrogen-bond acceptors (Lipinski definition) is 3. The van der Waals surface area contributed by atoms with Crippen molar-refractivity contribution in [3.8, 4) is 11.1 Å². The number of halogens is 2. The predicted molar refractivity (Wildman–Crippen MR) is 123 cm³/mol. The second-order valence-corrected chi connectivity index (χ2v) is 8.99. The molecule has 0 atom stereocenters. The van der Waals surface area contributed by atoms with Crippen molar-refractivity contribution >= 4 is 15.7 Å². The highest BCUT2D eigenvalue weighted by Gasteiger charge is 2.15. The van der Waals surface area contributed by atoms with Crippen LogP contribution in [0, 0.1) is 11.6 Å². The molecule has 3 rings (SSSR count). The van der Waals surface area contributed by atoms with Gasteiger partial charge in [0.1, 0.15) is 11.6 Å². The maximum Gasteiger partial charge on any atom is 0.254 e. The molecule has 0 spiro atoms. The molecule has 0 unspecified atom stereocenters. The van der Waals surface area contributed by atoms with E-state index in [1.165, 1.54) is 22.8 Å². The molecule has 0 aliphatic carbocycles. The Bertz CT molecular complexity index is 1350. The summed E-state index contributed by atoms with van der Waals surface area (Å²) in [5.74, 6) is -1.32. The Kier molecular flexibility index (Phi) is 6.93. The number of pyridine rings is 1. The van der Waals surface area contributed by atoms with Crippen molar-refractivity contribution in [2.75, 3.05) is 4.72 Å². The highest BCUT2D eigenvalue weighted by atomic mass is 32.2. The maximum absolute atomic E-state index is 14.3. The maximum atomic E-state index is 14.3. The Morgan fingerprint density at radius 3 is 2.41 bits per heavy atom. The standard InChI is InChI=1S/C24H24F2N2O3S/c1-4-10-32(30,31)27-21-9-7-17(12-18-6-8-20(25)13-23(18)26)22(14-21)19-11-16(5-2)24(29)28(3)15-19/h4,6-11,13-15,27H,5,12H2,1-3H3/b10-4+. The van der Waals surface area contributed by atoms with Crippen molar-refractivity contribution in [2.24, 2.45) is 7.05 Å². The van der Waals surface area contributed by atoms with Gasteiger partial charge in [0.15, 0.2) is 0 Å². The number of rotatable bonds is 7. The van der Waals surface area contributed by atoms with Gasteiger partial charge in [0.05, 0.1) is 0 Å². The van der Waals surface area contributed by atoms with Crippen molar-refractivity contribution in [1.82, 2.24) is 4.57 Å². The molecule has 32 heavy (non-hydrogen) atoms. The summed E-state index contributed by atoms with van der Waals surface area (Å²) >= 11 is 0. The smallest absolute Gasteiger partial charge is 0.254 e. The van der Waals surface area contributed by atoms with Crippen LogP contribution in [0.25, 0.3) is 11.1 Å². The molecule has 0 aliphatic heterocycles. The molecule has 3 aromatic rings. The average molecular weight is 459 g/mol. The van der Waals surface area contributed by atoms with Crippen LogP contribution >= 0.6 is 0 Å². The number of hydrogen-bond donors (Lipinski definition) is 1. The molecular formula is C24H24F2N2O3S. The monoisotopic (exact) mass is 458 g/mol. The van der Waals surface area contributed by atoms with E-state index >= 15 is 0 Å². The van der Waals surface area contributed by atoms with Gasteiger partial charge >= 0.3 is 0 Å². The summed E-state index contributed by atoms with van der Waals surface area (Å²) in [6.45, 7) is 3.47. The molecule has 1 heterocycles. The SMILES string of the molecule is C/C=C/S(=O)(=O)Nc1ccc(Cc2ccc(F)cc2F)c(-c2cc(CC)c(=O)n(C)c2)c1. The quantitative estimate of drug-likeness (QED) is 0.555. The molecule has 0 fully saturated rings. The van der Waals surface area contributed by atoms with E-state index in [-0.39, 0.29) is 12.0 Å². The van der Waals surface area contributed by atoms with Crippen molar-refractivity contribution in [3.05, 3.63) is 98.8 Å². The van der Waals surface area contributed by atoms with E-state index < -0.39 is 21.7 Å². The van der Waals surface area contributed by atoms with Gasteiger partial charge in [0, 0.05) is 42.4 Å². The highest BCUT2D eigenvalue weighted by Crippen LogP contribution is 2.30. The van der Waals surface area contributed by atoms with Crippen LogP contribution in [0.1, 0.15) is 30.5 Å². The molecule has 1 N–H and O–H groups in total. The van der Waals surface area contributed by atoms with Crippen molar-refractivity contribution in [2.45, 2.75) is 26.7 Å². The number of benzene rings is 2. The first-order valence-electron chi connectivity index (χ1n) is 10.1. The van der Waals surface area contributed by atoms with E-state index in [9.17, 15) is 22.0 Å². The number of aryl methyl sites for hydroxylation is 2. The molecule has 2 aromatic carbocycles. The fraction of sp³-hybridized carbons (Fsp3) is 0.208. The van der Waals surface area contributed by atoms with Crippen LogP contribution in [-0.2, 0) is 29.9 Å². The lowest BCUT2D eigenvalue weighted by Crippen LogP contribution is -2.20. The minimum Gasteiger partial charge on any atom is -0.318 e. The summed E-state index contributed by atoms with van der Waals surface area (Å²) in [5, 5.41) is 1.05. The van der Waals surface area contributed by atoms with Gasteiger partial charge in [0.2, 0.25) is 0 Å². The molecule has 0 radical (unpaired) electrons. The summed E-state index contributed by atoms with van der Waals surface area (Å²) in [4.78, 5) is 12.3. The van der Waals surface area contributed by atoms with Gasteiger partial charge in [-0.1, -0.05) is 25.1 Å². The Labute approximate surface area is 186 Å². The minimum atomic E-state index is -3.68. The van der Waals surface area contributed by atoms with Crippen LogP contribution in [0.4, 0.5) is 14.5 Å². The normalized spacial score (nSPS) is 11.8. The average Bonchev–Trinajstić information content (AvgIpc) is 2.72. The number of nitrogens with zero attached hydrogens (tertiary/aromatic N) is 1. The van der Waals surface area contributed by atoms with Crippen molar-refractivity contribution < 1.29 is 17.2 Å². The van der Waals surface area contributed by atoms with E-state index in [0.717, 1.165) is 11.5 Å². The van der Waals surface area contributed by atoms with E-state index in [0.29, 0.717) is 39.9 Å². The van der Waals surface area contributed by atoms with Gasteiger partial charge in [-0.05, 0) is 59.9 Å². The molecule has 0 bridgehead atoms. The molecule has 0 amide bonds. The minimum absolute atomic E-state index is 0.118.